The number of piperidine rings is 1. The molecule has 3 amide bonds. The van der Waals surface area contributed by atoms with Gasteiger partial charge in [-0.1, -0.05) is 32.4 Å². The Balaban J connectivity index is 1.37. The van der Waals surface area contributed by atoms with Gasteiger partial charge in [0.05, 0.1) is 17.5 Å². The van der Waals surface area contributed by atoms with Crippen molar-refractivity contribution in [2.24, 2.45) is 5.92 Å². The van der Waals surface area contributed by atoms with Crippen LogP contribution in [0.5, 0.6) is 0 Å². The second kappa shape index (κ2) is 8.88. The van der Waals surface area contributed by atoms with E-state index in [-0.39, 0.29) is 36.5 Å². The van der Waals surface area contributed by atoms with Gasteiger partial charge in [-0.25, -0.2) is 4.79 Å². The molecule has 3 heterocycles. The molecule has 2 saturated heterocycles. The van der Waals surface area contributed by atoms with Crippen molar-refractivity contribution in [1.82, 2.24) is 9.80 Å². The number of rotatable bonds is 5. The summed E-state index contributed by atoms with van der Waals surface area (Å²) in [7, 11) is 0. The van der Waals surface area contributed by atoms with Gasteiger partial charge in [-0.05, 0) is 30.9 Å². The van der Waals surface area contributed by atoms with E-state index in [1.165, 1.54) is 11.8 Å². The Morgan fingerprint density at radius 1 is 1.23 bits per heavy atom. The number of hydrogen-bond donors (Lipinski definition) is 0. The lowest BCUT2D eigenvalue weighted by Crippen LogP contribution is -2.53. The van der Waals surface area contributed by atoms with Crippen molar-refractivity contribution in [2.45, 2.75) is 50.1 Å². The Kier molecular flexibility index (Phi) is 6.22. The first-order valence-corrected chi connectivity index (χ1v) is 11.7. The number of thioether (sulfide) groups is 1. The van der Waals surface area contributed by atoms with E-state index in [9.17, 15) is 14.4 Å². The topological polar surface area (TPSA) is 70.2 Å². The Labute approximate surface area is 181 Å². The minimum Gasteiger partial charge on any atom is -0.447 e. The highest BCUT2D eigenvalue weighted by molar-refractivity contribution is 8.00. The standard InChI is InChI=1S/C22H29N3O4S/c1-3-15(2)18-13-29-22(28)25(18)16-8-10-23(11-9-16)20(26)12-24-17-6-4-5-7-19(17)30-14-21(24)27/h4-7,15-16,18H,3,8-14H2,1-2H3/t15-,18-/m0/s1. The number of fused-ring (bicyclic) bond motifs is 1. The number of nitrogens with zero attached hydrogens (tertiary/aromatic N) is 3. The maximum atomic E-state index is 13.0. The molecule has 3 aliphatic heterocycles. The van der Waals surface area contributed by atoms with E-state index in [1.807, 2.05) is 34.1 Å². The van der Waals surface area contributed by atoms with Crippen molar-refractivity contribution >= 4 is 35.4 Å². The Morgan fingerprint density at radius 3 is 2.70 bits per heavy atom. The molecule has 0 bridgehead atoms. The minimum atomic E-state index is -0.224. The van der Waals surface area contributed by atoms with Gasteiger partial charge < -0.3 is 14.5 Å². The Bertz CT molecular complexity index is 824. The summed E-state index contributed by atoms with van der Waals surface area (Å²) < 4.78 is 5.33. The number of cyclic esters (lactones) is 1. The number of para-hydroxylation sites is 1. The van der Waals surface area contributed by atoms with E-state index in [0.717, 1.165) is 29.8 Å². The number of amides is 3. The maximum absolute atomic E-state index is 13.0. The lowest BCUT2D eigenvalue weighted by atomic mass is 9.95. The summed E-state index contributed by atoms with van der Waals surface area (Å²) >= 11 is 1.52. The van der Waals surface area contributed by atoms with Crippen LogP contribution in [0.1, 0.15) is 33.1 Å². The van der Waals surface area contributed by atoms with Gasteiger partial charge in [-0.15, -0.1) is 11.8 Å². The molecule has 0 radical (unpaired) electrons. The van der Waals surface area contributed by atoms with Crippen molar-refractivity contribution in [3.8, 4) is 0 Å². The van der Waals surface area contributed by atoms with Gasteiger partial charge in [-0.3, -0.25) is 14.5 Å². The van der Waals surface area contributed by atoms with Crippen LogP contribution in [0.25, 0.3) is 0 Å². The molecule has 3 aliphatic rings. The molecular weight excluding hydrogens is 402 g/mol. The van der Waals surface area contributed by atoms with E-state index >= 15 is 0 Å². The van der Waals surface area contributed by atoms with Crippen LogP contribution in [-0.2, 0) is 14.3 Å². The van der Waals surface area contributed by atoms with E-state index in [2.05, 4.69) is 13.8 Å². The van der Waals surface area contributed by atoms with Crippen LogP contribution >= 0.6 is 11.8 Å². The predicted molar refractivity (Wildman–Crippen MR) is 116 cm³/mol. The van der Waals surface area contributed by atoms with Crippen LogP contribution in [0.2, 0.25) is 0 Å². The highest BCUT2D eigenvalue weighted by Gasteiger charge is 2.42. The molecule has 0 aliphatic carbocycles. The van der Waals surface area contributed by atoms with Crippen molar-refractivity contribution in [1.29, 1.82) is 0 Å². The summed E-state index contributed by atoms with van der Waals surface area (Å²) in [4.78, 5) is 44.1. The fourth-order valence-electron chi connectivity index (χ4n) is 4.53. The molecule has 0 spiro atoms. The smallest absolute Gasteiger partial charge is 0.410 e. The highest BCUT2D eigenvalue weighted by Crippen LogP contribution is 2.35. The zero-order valence-corrected chi connectivity index (χ0v) is 18.4. The summed E-state index contributed by atoms with van der Waals surface area (Å²) in [5.74, 6) is 0.684. The van der Waals surface area contributed by atoms with Gasteiger partial charge in [0.15, 0.2) is 0 Å². The lowest BCUT2D eigenvalue weighted by molar-refractivity contribution is -0.132. The van der Waals surface area contributed by atoms with Crippen molar-refractivity contribution in [2.75, 3.05) is 36.9 Å². The normalized spacial score (nSPS) is 23.4. The molecule has 0 aromatic heterocycles. The summed E-state index contributed by atoms with van der Waals surface area (Å²) in [6, 6.07) is 7.95. The molecule has 4 rings (SSSR count). The first-order chi connectivity index (χ1) is 14.5. The molecule has 162 valence electrons. The van der Waals surface area contributed by atoms with Gasteiger partial charge in [0.2, 0.25) is 11.8 Å². The number of hydrogen-bond acceptors (Lipinski definition) is 5. The molecule has 7 nitrogen and oxygen atoms in total. The quantitative estimate of drug-likeness (QED) is 0.717. The van der Waals surface area contributed by atoms with Gasteiger partial charge >= 0.3 is 6.09 Å². The van der Waals surface area contributed by atoms with Gasteiger partial charge in [-0.2, -0.15) is 0 Å². The molecule has 0 unspecified atom stereocenters. The lowest BCUT2D eigenvalue weighted by Gasteiger charge is -2.39. The summed E-state index contributed by atoms with van der Waals surface area (Å²) in [5.41, 5.74) is 0.818. The van der Waals surface area contributed by atoms with Crippen LogP contribution in [-0.4, -0.2) is 71.8 Å². The Morgan fingerprint density at radius 2 is 1.97 bits per heavy atom. The molecule has 2 fully saturated rings. The van der Waals surface area contributed by atoms with E-state index in [0.29, 0.717) is 31.4 Å². The molecular formula is C22H29N3O4S. The molecule has 1 aromatic rings. The van der Waals surface area contributed by atoms with Crippen LogP contribution in [0, 0.1) is 5.92 Å². The summed E-state index contributed by atoms with van der Waals surface area (Å²) in [6.07, 6.45) is 2.26. The SMILES string of the molecule is CC[C@H](C)[C@@H]1COC(=O)N1C1CCN(C(=O)CN2C(=O)CSc3ccccc32)CC1. The van der Waals surface area contributed by atoms with Crippen LogP contribution in [0.4, 0.5) is 10.5 Å². The highest BCUT2D eigenvalue weighted by atomic mass is 32.2. The van der Waals surface area contributed by atoms with E-state index < -0.39 is 0 Å². The molecule has 0 saturated carbocycles. The molecule has 30 heavy (non-hydrogen) atoms. The second-order valence-electron chi connectivity index (χ2n) is 8.29. The largest absolute Gasteiger partial charge is 0.447 e. The van der Waals surface area contributed by atoms with Crippen LogP contribution in [0.3, 0.4) is 0 Å². The monoisotopic (exact) mass is 431 g/mol. The number of carbonyl (C=O) groups excluding carboxylic acids is 3. The first-order valence-electron chi connectivity index (χ1n) is 10.7. The zero-order valence-electron chi connectivity index (χ0n) is 17.6. The maximum Gasteiger partial charge on any atom is 0.410 e. The zero-order chi connectivity index (χ0) is 21.3. The van der Waals surface area contributed by atoms with E-state index in [4.69, 9.17) is 4.74 Å². The van der Waals surface area contributed by atoms with Crippen LogP contribution in [0.15, 0.2) is 29.2 Å². The Hall–Kier alpha value is -2.22. The van der Waals surface area contributed by atoms with Crippen molar-refractivity contribution < 1.29 is 19.1 Å². The number of benzene rings is 1. The van der Waals surface area contributed by atoms with Crippen LogP contribution < -0.4 is 4.90 Å². The van der Waals surface area contributed by atoms with Gasteiger partial charge in [0, 0.05) is 24.0 Å². The van der Waals surface area contributed by atoms with Crippen molar-refractivity contribution in [3.05, 3.63) is 24.3 Å². The number of anilines is 1. The average molecular weight is 432 g/mol. The average Bonchev–Trinajstić information content (AvgIpc) is 3.16. The van der Waals surface area contributed by atoms with Gasteiger partial charge in [0.1, 0.15) is 13.2 Å². The fourth-order valence-corrected chi connectivity index (χ4v) is 5.47. The van der Waals surface area contributed by atoms with Crippen molar-refractivity contribution in [3.63, 3.8) is 0 Å². The molecule has 1 aromatic carbocycles. The number of likely N-dealkylation sites (tertiary alicyclic amines) is 1. The number of ether oxygens (including phenoxy) is 1. The number of carbonyl (C=O) groups is 3. The molecule has 2 atom stereocenters. The molecule has 8 heteroatoms. The first kappa shape index (κ1) is 21.0. The van der Waals surface area contributed by atoms with E-state index in [1.54, 1.807) is 4.90 Å². The predicted octanol–water partition coefficient (Wildman–Crippen LogP) is 2.98. The summed E-state index contributed by atoms with van der Waals surface area (Å²) in [6.45, 7) is 6.01. The third-order valence-corrected chi connectivity index (χ3v) is 7.61. The molecule has 0 N–H and O–H groups in total. The third-order valence-electron chi connectivity index (χ3n) is 6.56. The second-order valence-corrected chi connectivity index (χ2v) is 9.30. The third kappa shape index (κ3) is 4.02. The minimum absolute atomic E-state index is 0.0295. The summed E-state index contributed by atoms with van der Waals surface area (Å²) in [5, 5.41) is 0. The fraction of sp³-hybridized carbons (Fsp3) is 0.591. The van der Waals surface area contributed by atoms with Gasteiger partial charge in [0.25, 0.3) is 0 Å².